The largest absolute Gasteiger partial charge is 0.377 e. The summed E-state index contributed by atoms with van der Waals surface area (Å²) in [5.74, 6) is -2.04. The third kappa shape index (κ3) is 2.76. The molecule has 2 rings (SSSR count). The second-order valence-electron chi connectivity index (χ2n) is 4.18. The number of hydrogen-bond donors (Lipinski definition) is 1. The number of benzene rings is 1. The number of hydrogen-bond acceptors (Lipinski definition) is 3. The van der Waals surface area contributed by atoms with Crippen LogP contribution in [0.3, 0.4) is 0 Å². The van der Waals surface area contributed by atoms with Crippen molar-refractivity contribution in [1.82, 2.24) is 4.57 Å². The normalized spacial score (nSPS) is 10.6. The number of nitrogens with zero attached hydrogens (tertiary/aromatic N) is 2. The molecule has 0 aliphatic heterocycles. The van der Waals surface area contributed by atoms with Crippen molar-refractivity contribution in [2.75, 3.05) is 5.32 Å². The maximum absolute atomic E-state index is 13.6. The molecular formula is C13H13F2N3O2. The van der Waals surface area contributed by atoms with E-state index in [0.717, 1.165) is 18.3 Å². The molecule has 0 aliphatic carbocycles. The van der Waals surface area contributed by atoms with Crippen LogP contribution in [0.4, 0.5) is 20.2 Å². The molecule has 0 spiro atoms. The van der Waals surface area contributed by atoms with Crippen molar-refractivity contribution in [3.63, 3.8) is 0 Å². The predicted molar refractivity (Wildman–Crippen MR) is 70.4 cm³/mol. The molecule has 1 aromatic carbocycles. The van der Waals surface area contributed by atoms with Crippen molar-refractivity contribution in [1.29, 1.82) is 0 Å². The number of anilines is 1. The Balaban J connectivity index is 2.21. The summed E-state index contributed by atoms with van der Waals surface area (Å²) in [6, 6.07) is 5.08. The summed E-state index contributed by atoms with van der Waals surface area (Å²) >= 11 is 0. The van der Waals surface area contributed by atoms with Crippen LogP contribution in [0, 0.1) is 21.7 Å². The van der Waals surface area contributed by atoms with Crippen LogP contribution in [0.1, 0.15) is 12.6 Å². The Morgan fingerprint density at radius 1 is 1.35 bits per heavy atom. The molecule has 1 N–H and O–H groups in total. The first-order chi connectivity index (χ1) is 9.52. The lowest BCUT2D eigenvalue weighted by Crippen LogP contribution is -2.08. The molecule has 20 heavy (non-hydrogen) atoms. The molecule has 0 fully saturated rings. The van der Waals surface area contributed by atoms with Gasteiger partial charge in [0.2, 0.25) is 5.82 Å². The Kier molecular flexibility index (Phi) is 3.97. The molecule has 0 unspecified atom stereocenters. The van der Waals surface area contributed by atoms with Gasteiger partial charge in [-0.1, -0.05) is 0 Å². The average molecular weight is 281 g/mol. The summed E-state index contributed by atoms with van der Waals surface area (Å²) in [5, 5.41) is 13.4. The highest BCUT2D eigenvalue weighted by Gasteiger charge is 2.18. The van der Waals surface area contributed by atoms with Crippen LogP contribution < -0.4 is 5.32 Å². The Bertz CT molecular complexity index is 641. The molecule has 106 valence electrons. The van der Waals surface area contributed by atoms with E-state index < -0.39 is 22.2 Å². The number of nitrogens with one attached hydrogen (secondary N) is 1. The standard InChI is InChI=1S/C13H13F2N3O2/c1-2-17-5-3-4-9(17)8-16-12-7-13(18(19)20)11(15)6-10(12)14/h3-7,16H,2,8H2,1H3. The van der Waals surface area contributed by atoms with E-state index in [2.05, 4.69) is 5.32 Å². The fourth-order valence-electron chi connectivity index (χ4n) is 1.92. The lowest BCUT2D eigenvalue weighted by atomic mass is 10.2. The maximum atomic E-state index is 13.6. The summed E-state index contributed by atoms with van der Waals surface area (Å²) in [4.78, 5) is 9.75. The van der Waals surface area contributed by atoms with Crippen molar-refractivity contribution in [2.45, 2.75) is 20.0 Å². The molecule has 0 saturated heterocycles. The van der Waals surface area contributed by atoms with E-state index in [-0.39, 0.29) is 5.69 Å². The van der Waals surface area contributed by atoms with E-state index in [9.17, 15) is 18.9 Å². The van der Waals surface area contributed by atoms with E-state index in [1.54, 1.807) is 0 Å². The van der Waals surface area contributed by atoms with Gasteiger partial charge < -0.3 is 9.88 Å². The minimum Gasteiger partial charge on any atom is -0.377 e. The molecule has 5 nitrogen and oxygen atoms in total. The van der Waals surface area contributed by atoms with Crippen LogP contribution in [-0.2, 0) is 13.1 Å². The first-order valence-electron chi connectivity index (χ1n) is 6.04. The summed E-state index contributed by atoms with van der Waals surface area (Å²) in [6.45, 7) is 3.02. The molecule has 0 atom stereocenters. The van der Waals surface area contributed by atoms with Crippen LogP contribution in [0.2, 0.25) is 0 Å². The third-order valence-corrected chi connectivity index (χ3v) is 2.96. The summed E-state index contributed by atoms with van der Waals surface area (Å²) in [5.41, 5.74) is 0.0561. The Hall–Kier alpha value is -2.44. The zero-order chi connectivity index (χ0) is 14.7. The summed E-state index contributed by atoms with van der Waals surface area (Å²) in [6.07, 6.45) is 1.88. The van der Waals surface area contributed by atoms with E-state index in [4.69, 9.17) is 0 Å². The van der Waals surface area contributed by atoms with Crippen LogP contribution in [-0.4, -0.2) is 9.49 Å². The zero-order valence-corrected chi connectivity index (χ0v) is 10.8. The van der Waals surface area contributed by atoms with Gasteiger partial charge >= 0.3 is 5.69 Å². The van der Waals surface area contributed by atoms with E-state index in [0.29, 0.717) is 12.6 Å². The molecule has 2 aromatic rings. The fraction of sp³-hybridized carbons (Fsp3) is 0.231. The van der Waals surface area contributed by atoms with Crippen molar-refractivity contribution in [3.05, 3.63) is 57.9 Å². The average Bonchev–Trinajstić information content (AvgIpc) is 2.84. The SMILES string of the molecule is CCn1cccc1CNc1cc([N+](=O)[O-])c(F)cc1F. The van der Waals surface area contributed by atoms with Crippen LogP contribution in [0.5, 0.6) is 0 Å². The molecule has 0 bridgehead atoms. The monoisotopic (exact) mass is 281 g/mol. The van der Waals surface area contributed by atoms with E-state index in [1.165, 1.54) is 0 Å². The van der Waals surface area contributed by atoms with Crippen molar-refractivity contribution >= 4 is 11.4 Å². The molecule has 7 heteroatoms. The quantitative estimate of drug-likeness (QED) is 0.675. The van der Waals surface area contributed by atoms with Gasteiger partial charge in [-0.15, -0.1) is 0 Å². The number of nitro benzene ring substituents is 1. The van der Waals surface area contributed by atoms with Gasteiger partial charge in [0.25, 0.3) is 0 Å². The van der Waals surface area contributed by atoms with Gasteiger partial charge in [-0.05, 0) is 19.1 Å². The van der Waals surface area contributed by atoms with Gasteiger partial charge in [0.1, 0.15) is 5.82 Å². The Morgan fingerprint density at radius 2 is 2.10 bits per heavy atom. The third-order valence-electron chi connectivity index (χ3n) is 2.96. The number of nitro groups is 1. The highest BCUT2D eigenvalue weighted by Crippen LogP contribution is 2.25. The number of rotatable bonds is 5. The smallest absolute Gasteiger partial charge is 0.307 e. The molecule has 0 saturated carbocycles. The highest BCUT2D eigenvalue weighted by atomic mass is 19.1. The second-order valence-corrected chi connectivity index (χ2v) is 4.18. The maximum Gasteiger partial charge on any atom is 0.307 e. The lowest BCUT2D eigenvalue weighted by Gasteiger charge is -2.10. The van der Waals surface area contributed by atoms with Crippen molar-refractivity contribution < 1.29 is 13.7 Å². The molecule has 1 heterocycles. The van der Waals surface area contributed by atoms with Gasteiger partial charge in [-0.3, -0.25) is 10.1 Å². The molecular weight excluding hydrogens is 268 g/mol. The van der Waals surface area contributed by atoms with Gasteiger partial charge in [0.05, 0.1) is 17.2 Å². The molecule has 0 radical (unpaired) electrons. The van der Waals surface area contributed by atoms with E-state index in [1.807, 2.05) is 29.8 Å². The van der Waals surface area contributed by atoms with Gasteiger partial charge in [-0.2, -0.15) is 4.39 Å². The van der Waals surface area contributed by atoms with E-state index >= 15 is 0 Å². The molecule has 0 amide bonds. The molecule has 1 aromatic heterocycles. The number of aryl methyl sites for hydroxylation is 1. The number of halogens is 2. The highest BCUT2D eigenvalue weighted by molar-refractivity contribution is 5.53. The fourth-order valence-corrected chi connectivity index (χ4v) is 1.92. The first-order valence-corrected chi connectivity index (χ1v) is 6.04. The van der Waals surface area contributed by atoms with Crippen LogP contribution in [0.25, 0.3) is 0 Å². The minimum absolute atomic E-state index is 0.0954. The van der Waals surface area contributed by atoms with Gasteiger partial charge in [-0.25, -0.2) is 4.39 Å². The van der Waals surface area contributed by atoms with Gasteiger partial charge in [0, 0.05) is 30.6 Å². The Labute approximate surface area is 114 Å². The summed E-state index contributed by atoms with van der Waals surface area (Å²) in [7, 11) is 0. The van der Waals surface area contributed by atoms with Gasteiger partial charge in [0.15, 0.2) is 0 Å². The van der Waals surface area contributed by atoms with Crippen molar-refractivity contribution in [3.8, 4) is 0 Å². The predicted octanol–water partition coefficient (Wildman–Crippen LogP) is 3.31. The van der Waals surface area contributed by atoms with Crippen molar-refractivity contribution in [2.24, 2.45) is 0 Å². The lowest BCUT2D eigenvalue weighted by molar-refractivity contribution is -0.387. The van der Waals surface area contributed by atoms with Crippen LogP contribution >= 0.6 is 0 Å². The zero-order valence-electron chi connectivity index (χ0n) is 10.8. The topological polar surface area (TPSA) is 60.1 Å². The minimum atomic E-state index is -1.19. The second kappa shape index (κ2) is 5.68. The van der Waals surface area contributed by atoms with Crippen LogP contribution in [0.15, 0.2) is 30.5 Å². The molecule has 0 aliphatic rings. The Morgan fingerprint density at radius 3 is 2.75 bits per heavy atom. The summed E-state index contributed by atoms with van der Waals surface area (Å²) < 4.78 is 28.7. The first kappa shape index (κ1) is 14.0. The number of aromatic nitrogens is 1.